The molecule has 0 aromatic heterocycles. The predicted octanol–water partition coefficient (Wildman–Crippen LogP) is 5.08. The molecule has 5 nitrogen and oxygen atoms in total. The normalized spacial score (nSPS) is 23.4. The first-order chi connectivity index (χ1) is 14.3. The maximum Gasteiger partial charge on any atom is 0.273 e. The number of benzene rings is 2. The molecule has 7 heteroatoms. The number of carbonyl (C=O) groups excluding carboxylic acids is 3. The summed E-state index contributed by atoms with van der Waals surface area (Å²) in [5.74, 6) is -1.21. The molecule has 1 aliphatic carbocycles. The van der Waals surface area contributed by atoms with E-state index in [2.05, 4.69) is 22.9 Å². The van der Waals surface area contributed by atoms with E-state index >= 15 is 0 Å². The lowest BCUT2D eigenvalue weighted by atomic mass is 9.76. The number of hydrogen-bond donors (Lipinski definition) is 0. The van der Waals surface area contributed by atoms with Crippen LogP contribution in [0, 0.1) is 17.8 Å². The standard InChI is InChI=1S/C23H22BrClN2O3/c1-14-2-11-19-20(12-14)23(30)27(22(19)29)26(13-15-3-7-17(24)8-4-15)21(28)16-5-9-18(25)10-6-16/h3-10,14,19-20H,2,11-13H2,1H3/t14-,19+,20+/m1/s1. The van der Waals surface area contributed by atoms with Gasteiger partial charge in [-0.25, -0.2) is 5.01 Å². The Labute approximate surface area is 189 Å². The molecule has 1 saturated heterocycles. The molecular weight excluding hydrogens is 468 g/mol. The number of nitrogens with zero attached hydrogens (tertiary/aromatic N) is 2. The van der Waals surface area contributed by atoms with Gasteiger partial charge in [0.05, 0.1) is 18.4 Å². The number of carbonyl (C=O) groups is 3. The second-order valence-corrected chi connectivity index (χ2v) is 9.47. The zero-order valence-corrected chi connectivity index (χ0v) is 18.9. The molecule has 0 unspecified atom stereocenters. The molecule has 30 heavy (non-hydrogen) atoms. The SMILES string of the molecule is C[C@@H]1CC[C@@H]2C(=O)N(N(Cc3ccc(Br)cc3)C(=O)c3ccc(Cl)cc3)C(=O)[C@H]2C1. The first-order valence-corrected chi connectivity index (χ1v) is 11.2. The second-order valence-electron chi connectivity index (χ2n) is 8.12. The van der Waals surface area contributed by atoms with Gasteiger partial charge in [-0.05, 0) is 67.1 Å². The molecule has 2 fully saturated rings. The molecule has 1 saturated carbocycles. The Hall–Kier alpha value is -2.18. The van der Waals surface area contributed by atoms with Gasteiger partial charge < -0.3 is 0 Å². The van der Waals surface area contributed by atoms with E-state index in [1.165, 1.54) is 5.01 Å². The third-order valence-electron chi connectivity index (χ3n) is 5.98. The van der Waals surface area contributed by atoms with Crippen molar-refractivity contribution >= 4 is 45.3 Å². The molecule has 0 spiro atoms. The van der Waals surface area contributed by atoms with Gasteiger partial charge in [-0.3, -0.25) is 14.4 Å². The number of halogens is 2. The van der Waals surface area contributed by atoms with Crippen LogP contribution in [-0.4, -0.2) is 27.7 Å². The van der Waals surface area contributed by atoms with Crippen molar-refractivity contribution in [1.29, 1.82) is 0 Å². The van der Waals surface area contributed by atoms with Crippen molar-refractivity contribution in [1.82, 2.24) is 10.0 Å². The van der Waals surface area contributed by atoms with Crippen molar-refractivity contribution < 1.29 is 14.4 Å². The molecule has 1 aliphatic heterocycles. The third kappa shape index (κ3) is 4.03. The number of hydrazine groups is 1. The maximum atomic E-state index is 13.4. The van der Waals surface area contributed by atoms with Gasteiger partial charge in [-0.15, -0.1) is 0 Å². The van der Waals surface area contributed by atoms with Crippen molar-refractivity contribution in [3.63, 3.8) is 0 Å². The molecule has 2 aromatic carbocycles. The van der Waals surface area contributed by atoms with Gasteiger partial charge in [-0.2, -0.15) is 5.01 Å². The van der Waals surface area contributed by atoms with Crippen LogP contribution in [0.3, 0.4) is 0 Å². The molecular formula is C23H22BrClN2O3. The van der Waals surface area contributed by atoms with Crippen molar-refractivity contribution in [2.45, 2.75) is 32.7 Å². The van der Waals surface area contributed by atoms with Crippen molar-refractivity contribution in [3.8, 4) is 0 Å². The lowest BCUT2D eigenvalue weighted by molar-refractivity contribution is -0.155. The van der Waals surface area contributed by atoms with Crippen LogP contribution in [0.5, 0.6) is 0 Å². The maximum absolute atomic E-state index is 13.4. The Morgan fingerprint density at radius 3 is 2.33 bits per heavy atom. The largest absolute Gasteiger partial charge is 0.273 e. The summed E-state index contributed by atoms with van der Waals surface area (Å²) in [6.07, 6.45) is 2.30. The number of hydrogen-bond acceptors (Lipinski definition) is 3. The Balaban J connectivity index is 1.70. The Bertz CT molecular complexity index is 977. The number of fused-ring (bicyclic) bond motifs is 1. The highest BCUT2D eigenvalue weighted by Gasteiger charge is 2.52. The summed E-state index contributed by atoms with van der Waals surface area (Å²) in [4.78, 5) is 39.9. The zero-order valence-electron chi connectivity index (χ0n) is 16.6. The molecule has 0 N–H and O–H groups in total. The predicted molar refractivity (Wildman–Crippen MR) is 117 cm³/mol. The molecule has 1 heterocycles. The van der Waals surface area contributed by atoms with Crippen LogP contribution >= 0.6 is 27.5 Å². The van der Waals surface area contributed by atoms with Gasteiger partial charge >= 0.3 is 0 Å². The van der Waals surface area contributed by atoms with Crippen LogP contribution < -0.4 is 0 Å². The quantitative estimate of drug-likeness (QED) is 0.563. The highest BCUT2D eigenvalue weighted by molar-refractivity contribution is 9.10. The van der Waals surface area contributed by atoms with E-state index in [0.717, 1.165) is 21.5 Å². The topological polar surface area (TPSA) is 57.7 Å². The summed E-state index contributed by atoms with van der Waals surface area (Å²) in [5.41, 5.74) is 1.20. The summed E-state index contributed by atoms with van der Waals surface area (Å²) in [6.45, 7) is 2.23. The smallest absolute Gasteiger partial charge is 0.272 e. The monoisotopic (exact) mass is 488 g/mol. The van der Waals surface area contributed by atoms with Gasteiger partial charge in [0.25, 0.3) is 17.7 Å². The minimum atomic E-state index is -0.400. The van der Waals surface area contributed by atoms with Gasteiger partial charge in [0.2, 0.25) is 0 Å². The molecule has 3 atom stereocenters. The van der Waals surface area contributed by atoms with E-state index in [0.29, 0.717) is 29.3 Å². The van der Waals surface area contributed by atoms with Crippen molar-refractivity contribution in [2.75, 3.05) is 0 Å². The van der Waals surface area contributed by atoms with Crippen LogP contribution in [-0.2, 0) is 16.1 Å². The zero-order chi connectivity index (χ0) is 21.4. The van der Waals surface area contributed by atoms with Crippen molar-refractivity contribution in [3.05, 3.63) is 69.2 Å². The van der Waals surface area contributed by atoms with Crippen LogP contribution in [0.15, 0.2) is 53.0 Å². The average molecular weight is 490 g/mol. The number of rotatable bonds is 4. The fraction of sp³-hybridized carbons (Fsp3) is 0.348. The highest BCUT2D eigenvalue weighted by Crippen LogP contribution is 2.41. The lowest BCUT2D eigenvalue weighted by Gasteiger charge is -2.30. The Morgan fingerprint density at radius 1 is 1.03 bits per heavy atom. The van der Waals surface area contributed by atoms with E-state index in [-0.39, 0.29) is 30.2 Å². The Kier molecular flexibility index (Phi) is 5.98. The van der Waals surface area contributed by atoms with Crippen LogP contribution in [0.2, 0.25) is 5.02 Å². The molecule has 2 aliphatic rings. The fourth-order valence-electron chi connectivity index (χ4n) is 4.35. The van der Waals surface area contributed by atoms with E-state index in [9.17, 15) is 14.4 Å². The molecule has 0 radical (unpaired) electrons. The second kappa shape index (κ2) is 8.52. The summed E-state index contributed by atoms with van der Waals surface area (Å²) < 4.78 is 0.912. The molecule has 3 amide bonds. The Morgan fingerprint density at radius 2 is 1.67 bits per heavy atom. The van der Waals surface area contributed by atoms with Gasteiger partial charge in [0.15, 0.2) is 0 Å². The highest BCUT2D eigenvalue weighted by atomic mass is 79.9. The van der Waals surface area contributed by atoms with Gasteiger partial charge in [-0.1, -0.05) is 46.6 Å². The lowest BCUT2D eigenvalue weighted by Crippen LogP contribution is -2.49. The van der Waals surface area contributed by atoms with Gasteiger partial charge in [0.1, 0.15) is 0 Å². The molecule has 0 bridgehead atoms. The third-order valence-corrected chi connectivity index (χ3v) is 6.76. The van der Waals surface area contributed by atoms with E-state index in [1.54, 1.807) is 24.3 Å². The van der Waals surface area contributed by atoms with E-state index in [4.69, 9.17) is 11.6 Å². The minimum absolute atomic E-state index is 0.126. The first-order valence-electron chi connectivity index (χ1n) is 10.0. The summed E-state index contributed by atoms with van der Waals surface area (Å²) in [7, 11) is 0. The summed E-state index contributed by atoms with van der Waals surface area (Å²) >= 11 is 9.37. The fourth-order valence-corrected chi connectivity index (χ4v) is 4.74. The van der Waals surface area contributed by atoms with E-state index < -0.39 is 5.91 Å². The molecule has 156 valence electrons. The molecule has 2 aromatic rings. The van der Waals surface area contributed by atoms with Crippen molar-refractivity contribution in [2.24, 2.45) is 17.8 Å². The average Bonchev–Trinajstić information content (AvgIpc) is 2.97. The first kappa shape index (κ1) is 21.1. The summed E-state index contributed by atoms with van der Waals surface area (Å²) in [5, 5.41) is 2.91. The van der Waals surface area contributed by atoms with Crippen LogP contribution in [0.25, 0.3) is 0 Å². The molecule has 4 rings (SSSR count). The van der Waals surface area contributed by atoms with E-state index in [1.807, 2.05) is 24.3 Å². The number of imide groups is 1. The van der Waals surface area contributed by atoms with Crippen LogP contribution in [0.4, 0.5) is 0 Å². The number of amides is 3. The summed E-state index contributed by atoms with van der Waals surface area (Å²) in [6, 6.07) is 14.0. The minimum Gasteiger partial charge on any atom is -0.272 e. The van der Waals surface area contributed by atoms with Crippen LogP contribution in [0.1, 0.15) is 42.1 Å². The van der Waals surface area contributed by atoms with Gasteiger partial charge in [0, 0.05) is 15.1 Å².